The Morgan fingerprint density at radius 1 is 0.458 bits per heavy atom. The minimum atomic E-state index is -0.567. The second-order valence-corrected chi connectivity index (χ2v) is 15.7. The van der Waals surface area contributed by atoms with Crippen molar-refractivity contribution in [3.63, 3.8) is 0 Å². The highest BCUT2D eigenvalue weighted by Gasteiger charge is 2.45. The van der Waals surface area contributed by atoms with E-state index in [1.54, 1.807) is 0 Å². The van der Waals surface area contributed by atoms with Gasteiger partial charge in [0.25, 0.3) is 0 Å². The number of rotatable bonds is 6. The highest BCUT2D eigenvalue weighted by Crippen LogP contribution is 2.55. The Hall–Kier alpha value is -7.56. The number of hydrogen-bond donors (Lipinski definition) is 1. The number of para-hydroxylation sites is 6. The van der Waals surface area contributed by atoms with Crippen LogP contribution in [-0.2, 0) is 5.41 Å². The lowest BCUT2D eigenvalue weighted by atomic mass is 9.58. The van der Waals surface area contributed by atoms with Crippen molar-refractivity contribution in [2.45, 2.75) is 5.41 Å². The summed E-state index contributed by atoms with van der Waals surface area (Å²) in [6, 6.07) is 80.1. The molecule has 276 valence electrons. The normalized spacial score (nSPS) is 13.2. The third-order valence-electron chi connectivity index (χ3n) is 12.6. The SMILES string of the molecule is B1c2c(-c3cccc4c3Nc3ccccc3C4(c3ccccc3)c3ccccc3)cc(N(c3ccccc3)c3ccccc3)cc2-n2c3ccccc3c3cccc1c32. The Morgan fingerprint density at radius 3 is 1.75 bits per heavy atom. The second-order valence-electron chi connectivity index (χ2n) is 15.7. The molecule has 3 heterocycles. The van der Waals surface area contributed by atoms with E-state index in [9.17, 15) is 0 Å². The molecule has 0 amide bonds. The van der Waals surface area contributed by atoms with Gasteiger partial charge in [0.2, 0.25) is 0 Å². The lowest BCUT2D eigenvalue weighted by Gasteiger charge is -2.43. The van der Waals surface area contributed by atoms with Crippen LogP contribution in [0.15, 0.2) is 218 Å². The van der Waals surface area contributed by atoms with Gasteiger partial charge in [-0.1, -0.05) is 175 Å². The largest absolute Gasteiger partial charge is 0.354 e. The van der Waals surface area contributed by atoms with E-state index in [1.165, 1.54) is 71.8 Å². The maximum Gasteiger partial charge on any atom is 0.198 e. The standard InChI is InChI=1S/C55H38BN3/c1-5-19-37(20-6-1)55(38-21-7-2-8-22-38)46-30-14-15-33-49(46)57-53-43(28-17-31-47(53)55)45-35-41(58(39-23-9-3-10-24-39)40-25-11-4-12-26-40)36-51-52(45)56-48-32-18-29-44-42-27-13-16-34-50(42)59(51)54(44)48/h1-36,56-57H. The van der Waals surface area contributed by atoms with Gasteiger partial charge >= 0.3 is 0 Å². The van der Waals surface area contributed by atoms with Crippen LogP contribution in [0.25, 0.3) is 38.6 Å². The molecule has 2 aliphatic rings. The van der Waals surface area contributed by atoms with Crippen LogP contribution >= 0.6 is 0 Å². The van der Waals surface area contributed by atoms with Crippen molar-refractivity contribution in [3.05, 3.63) is 241 Å². The molecule has 1 aromatic heterocycles. The molecule has 3 nitrogen and oxygen atoms in total. The average Bonchev–Trinajstić information content (AvgIpc) is 3.65. The maximum atomic E-state index is 4.06. The fourth-order valence-corrected chi connectivity index (χ4v) is 10.3. The van der Waals surface area contributed by atoms with Gasteiger partial charge in [0.1, 0.15) is 0 Å². The van der Waals surface area contributed by atoms with Gasteiger partial charge in [0.05, 0.1) is 16.6 Å². The minimum Gasteiger partial charge on any atom is -0.354 e. The molecule has 9 aromatic carbocycles. The highest BCUT2D eigenvalue weighted by molar-refractivity contribution is 6.73. The fourth-order valence-electron chi connectivity index (χ4n) is 10.3. The molecule has 0 aliphatic carbocycles. The fraction of sp³-hybridized carbons (Fsp3) is 0.0182. The molecular formula is C55H38BN3. The summed E-state index contributed by atoms with van der Waals surface area (Å²) in [5.74, 6) is 0. The van der Waals surface area contributed by atoms with Gasteiger partial charge in [-0.3, -0.25) is 0 Å². The molecule has 2 aliphatic heterocycles. The molecular weight excluding hydrogens is 713 g/mol. The number of aromatic nitrogens is 1. The molecule has 0 radical (unpaired) electrons. The van der Waals surface area contributed by atoms with Gasteiger partial charge in [-0.25, -0.2) is 0 Å². The van der Waals surface area contributed by atoms with E-state index in [1.807, 2.05) is 0 Å². The molecule has 0 saturated heterocycles. The van der Waals surface area contributed by atoms with E-state index < -0.39 is 5.41 Å². The van der Waals surface area contributed by atoms with Crippen LogP contribution in [0.3, 0.4) is 0 Å². The molecule has 1 N–H and O–H groups in total. The van der Waals surface area contributed by atoms with Gasteiger partial charge < -0.3 is 14.8 Å². The Labute approximate surface area is 344 Å². The van der Waals surface area contributed by atoms with Crippen LogP contribution in [0, 0.1) is 0 Å². The Balaban J connectivity index is 1.21. The summed E-state index contributed by atoms with van der Waals surface area (Å²) in [4.78, 5) is 2.41. The molecule has 0 saturated carbocycles. The van der Waals surface area contributed by atoms with Gasteiger partial charge in [0.15, 0.2) is 7.28 Å². The summed E-state index contributed by atoms with van der Waals surface area (Å²) < 4.78 is 2.54. The maximum absolute atomic E-state index is 4.06. The first-order valence-electron chi connectivity index (χ1n) is 20.5. The van der Waals surface area contributed by atoms with Crippen LogP contribution in [0.1, 0.15) is 22.3 Å². The van der Waals surface area contributed by atoms with Crippen LogP contribution in [-0.4, -0.2) is 11.8 Å². The minimum absolute atomic E-state index is 0.567. The predicted molar refractivity (Wildman–Crippen MR) is 249 cm³/mol. The molecule has 0 bridgehead atoms. The summed E-state index contributed by atoms with van der Waals surface area (Å²) in [6.45, 7) is 0. The molecule has 4 heteroatoms. The van der Waals surface area contributed by atoms with Crippen LogP contribution in [0.4, 0.5) is 28.4 Å². The molecule has 0 fully saturated rings. The van der Waals surface area contributed by atoms with Crippen LogP contribution < -0.4 is 21.1 Å². The number of benzene rings is 9. The van der Waals surface area contributed by atoms with Gasteiger partial charge in [-0.05, 0) is 81.8 Å². The van der Waals surface area contributed by atoms with Crippen molar-refractivity contribution in [1.82, 2.24) is 4.57 Å². The first kappa shape index (κ1) is 33.6. The predicted octanol–water partition coefficient (Wildman–Crippen LogP) is 12.1. The number of nitrogens with one attached hydrogen (secondary N) is 1. The van der Waals surface area contributed by atoms with Gasteiger partial charge in [-0.2, -0.15) is 0 Å². The summed E-state index contributed by atoms with van der Waals surface area (Å²) in [5.41, 5.74) is 18.7. The van der Waals surface area contributed by atoms with Gasteiger partial charge in [0, 0.05) is 50.3 Å². The quantitative estimate of drug-likeness (QED) is 0.171. The lowest BCUT2D eigenvalue weighted by Crippen LogP contribution is -2.38. The monoisotopic (exact) mass is 751 g/mol. The Morgan fingerprint density at radius 2 is 1.03 bits per heavy atom. The zero-order valence-corrected chi connectivity index (χ0v) is 32.4. The molecule has 0 unspecified atom stereocenters. The smallest absolute Gasteiger partial charge is 0.198 e. The highest BCUT2D eigenvalue weighted by atomic mass is 15.1. The summed E-state index contributed by atoms with van der Waals surface area (Å²) in [5, 5.41) is 6.64. The van der Waals surface area contributed by atoms with E-state index in [2.05, 4.69) is 233 Å². The number of nitrogens with zero attached hydrogens (tertiary/aromatic N) is 2. The number of anilines is 5. The Kier molecular flexibility index (Phi) is 7.54. The lowest BCUT2D eigenvalue weighted by molar-refractivity contribution is 0.741. The molecule has 0 spiro atoms. The van der Waals surface area contributed by atoms with Crippen molar-refractivity contribution >= 4 is 68.4 Å². The van der Waals surface area contributed by atoms with Gasteiger partial charge in [-0.15, -0.1) is 0 Å². The van der Waals surface area contributed by atoms with Crippen LogP contribution in [0.5, 0.6) is 0 Å². The summed E-state index contributed by atoms with van der Waals surface area (Å²) in [6.07, 6.45) is 0. The third kappa shape index (κ3) is 4.96. The van der Waals surface area contributed by atoms with Crippen molar-refractivity contribution in [1.29, 1.82) is 0 Å². The molecule has 0 atom stereocenters. The van der Waals surface area contributed by atoms with E-state index in [0.29, 0.717) is 0 Å². The van der Waals surface area contributed by atoms with E-state index in [-0.39, 0.29) is 0 Å². The molecule has 59 heavy (non-hydrogen) atoms. The number of hydrogen-bond acceptors (Lipinski definition) is 2. The van der Waals surface area contributed by atoms with Crippen LogP contribution in [0.2, 0.25) is 0 Å². The zero-order valence-electron chi connectivity index (χ0n) is 32.4. The third-order valence-corrected chi connectivity index (χ3v) is 12.6. The van der Waals surface area contributed by atoms with Crippen molar-refractivity contribution in [2.24, 2.45) is 0 Å². The first-order valence-corrected chi connectivity index (χ1v) is 20.5. The summed E-state index contributed by atoms with van der Waals surface area (Å²) >= 11 is 0. The summed E-state index contributed by atoms with van der Waals surface area (Å²) in [7, 11) is 0.818. The average molecular weight is 752 g/mol. The van der Waals surface area contributed by atoms with Crippen molar-refractivity contribution in [3.8, 4) is 16.8 Å². The van der Waals surface area contributed by atoms with E-state index in [0.717, 1.165) is 35.7 Å². The van der Waals surface area contributed by atoms with E-state index >= 15 is 0 Å². The number of fused-ring (bicyclic) bond motifs is 7. The first-order chi connectivity index (χ1) is 29.3. The van der Waals surface area contributed by atoms with Crippen molar-refractivity contribution < 1.29 is 0 Å². The second kappa shape index (κ2) is 13.3. The topological polar surface area (TPSA) is 20.2 Å². The zero-order chi connectivity index (χ0) is 38.9. The van der Waals surface area contributed by atoms with Crippen molar-refractivity contribution in [2.75, 3.05) is 10.2 Å². The molecule has 12 rings (SSSR count). The van der Waals surface area contributed by atoms with E-state index in [4.69, 9.17) is 0 Å². The molecule has 10 aromatic rings. The Bertz CT molecular complexity index is 3130.